The summed E-state index contributed by atoms with van der Waals surface area (Å²) >= 11 is 0. The van der Waals surface area contributed by atoms with E-state index in [2.05, 4.69) is 11.3 Å². The van der Waals surface area contributed by atoms with Gasteiger partial charge in [0.05, 0.1) is 13.2 Å². The predicted molar refractivity (Wildman–Crippen MR) is 52.6 cm³/mol. The molecule has 82 valence electrons. The number of carbonyl (C=O) groups excluding carboxylic acids is 1. The molecule has 2 N–H and O–H groups in total. The summed E-state index contributed by atoms with van der Waals surface area (Å²) in [6.07, 6.45) is 0.189. The van der Waals surface area contributed by atoms with Crippen LogP contribution in [0.2, 0.25) is 0 Å². The highest BCUT2D eigenvalue weighted by Crippen LogP contribution is 2.23. The van der Waals surface area contributed by atoms with E-state index in [1.807, 2.05) is 0 Å². The van der Waals surface area contributed by atoms with Gasteiger partial charge in [0.2, 0.25) is 0 Å². The van der Waals surface area contributed by atoms with Crippen LogP contribution in [0.4, 0.5) is 0 Å². The molecule has 0 saturated heterocycles. The highest BCUT2D eigenvalue weighted by atomic mass is 16.5. The maximum Gasteiger partial charge on any atom is 0.340 e. The van der Waals surface area contributed by atoms with Gasteiger partial charge in [-0.3, -0.25) is 0 Å². The minimum absolute atomic E-state index is 0.0287. The van der Waals surface area contributed by atoms with Crippen LogP contribution in [0, 0.1) is 5.92 Å². The van der Waals surface area contributed by atoms with Gasteiger partial charge in [-0.25, -0.2) is 4.79 Å². The summed E-state index contributed by atoms with van der Waals surface area (Å²) in [5.74, 6) is -1.07. The maximum absolute atomic E-state index is 11.3. The number of methoxy groups -OCH3 is 1. The highest BCUT2D eigenvalue weighted by molar-refractivity contribution is 5.80. The number of esters is 1. The van der Waals surface area contributed by atoms with Gasteiger partial charge >= 0.3 is 5.97 Å². The van der Waals surface area contributed by atoms with Crippen LogP contribution in [0.15, 0.2) is 12.7 Å². The van der Waals surface area contributed by atoms with E-state index in [0.717, 1.165) is 0 Å². The second-order valence-electron chi connectivity index (χ2n) is 3.60. The summed E-state index contributed by atoms with van der Waals surface area (Å²) < 4.78 is 4.44. The predicted octanol–water partition coefficient (Wildman–Crippen LogP) is 0.484. The molecule has 14 heavy (non-hydrogen) atoms. The van der Waals surface area contributed by atoms with Crippen molar-refractivity contribution < 1.29 is 19.7 Å². The minimum Gasteiger partial charge on any atom is -0.467 e. The summed E-state index contributed by atoms with van der Waals surface area (Å²) in [7, 11) is 1.17. The molecule has 0 aromatic carbocycles. The fraction of sp³-hybridized carbons (Fsp3) is 0.700. The number of aliphatic hydroxyl groups excluding tert-OH is 1. The fourth-order valence-corrected chi connectivity index (χ4v) is 1.27. The lowest BCUT2D eigenvalue weighted by molar-refractivity contribution is -0.178. The van der Waals surface area contributed by atoms with Crippen molar-refractivity contribution >= 4 is 5.97 Å². The number of ether oxygens (including phenoxy) is 1. The smallest absolute Gasteiger partial charge is 0.340 e. The molecule has 0 spiro atoms. The minimum atomic E-state index is -1.88. The van der Waals surface area contributed by atoms with Gasteiger partial charge in [0.1, 0.15) is 0 Å². The van der Waals surface area contributed by atoms with Crippen LogP contribution in [0.1, 0.15) is 20.3 Å². The molecule has 0 aliphatic rings. The zero-order valence-corrected chi connectivity index (χ0v) is 8.86. The van der Waals surface area contributed by atoms with E-state index in [1.54, 1.807) is 13.8 Å². The topological polar surface area (TPSA) is 66.8 Å². The second-order valence-corrected chi connectivity index (χ2v) is 3.60. The maximum atomic E-state index is 11.3. The fourth-order valence-electron chi connectivity index (χ4n) is 1.27. The quantitative estimate of drug-likeness (QED) is 0.503. The van der Waals surface area contributed by atoms with Gasteiger partial charge in [0.25, 0.3) is 0 Å². The lowest BCUT2D eigenvalue weighted by Gasteiger charge is -2.31. The first-order valence-electron chi connectivity index (χ1n) is 4.50. The molecule has 0 amide bonds. The van der Waals surface area contributed by atoms with Crippen LogP contribution in [0.3, 0.4) is 0 Å². The zero-order chi connectivity index (χ0) is 11.4. The van der Waals surface area contributed by atoms with E-state index in [0.29, 0.717) is 0 Å². The van der Waals surface area contributed by atoms with Crippen LogP contribution in [0.25, 0.3) is 0 Å². The SMILES string of the molecule is C=CC[C@](O)(C(=O)OC)[C@@H](O)C(C)C. The molecule has 0 radical (unpaired) electrons. The van der Waals surface area contributed by atoms with Gasteiger partial charge in [-0.2, -0.15) is 0 Å². The second kappa shape index (κ2) is 5.12. The Kier molecular flexibility index (Phi) is 4.80. The summed E-state index contributed by atoms with van der Waals surface area (Å²) in [5, 5.41) is 19.6. The summed E-state index contributed by atoms with van der Waals surface area (Å²) in [6, 6.07) is 0. The van der Waals surface area contributed by atoms with Gasteiger partial charge < -0.3 is 14.9 Å². The third-order valence-corrected chi connectivity index (χ3v) is 2.12. The van der Waals surface area contributed by atoms with Crippen molar-refractivity contribution in [1.29, 1.82) is 0 Å². The molecule has 0 aromatic rings. The van der Waals surface area contributed by atoms with Crippen LogP contribution >= 0.6 is 0 Å². The van der Waals surface area contributed by atoms with E-state index >= 15 is 0 Å². The molecule has 0 fully saturated rings. The normalized spacial score (nSPS) is 17.3. The van der Waals surface area contributed by atoms with Crippen LogP contribution in [0.5, 0.6) is 0 Å². The molecule has 0 unspecified atom stereocenters. The molecule has 0 saturated carbocycles. The van der Waals surface area contributed by atoms with Crippen molar-refractivity contribution in [3.63, 3.8) is 0 Å². The number of hydrogen-bond donors (Lipinski definition) is 2. The molecule has 2 atom stereocenters. The van der Waals surface area contributed by atoms with Crippen LogP contribution < -0.4 is 0 Å². The highest BCUT2D eigenvalue weighted by Gasteiger charge is 2.44. The van der Waals surface area contributed by atoms with E-state index in [-0.39, 0.29) is 12.3 Å². The lowest BCUT2D eigenvalue weighted by Crippen LogP contribution is -2.52. The van der Waals surface area contributed by atoms with Crippen LogP contribution in [-0.4, -0.2) is 35.0 Å². The van der Waals surface area contributed by atoms with Crippen molar-refractivity contribution in [2.45, 2.75) is 32.0 Å². The van der Waals surface area contributed by atoms with Gasteiger partial charge in [-0.15, -0.1) is 6.58 Å². The first-order valence-corrected chi connectivity index (χ1v) is 4.50. The van der Waals surface area contributed by atoms with E-state index in [9.17, 15) is 15.0 Å². The average molecular weight is 202 g/mol. The Morgan fingerprint density at radius 1 is 1.64 bits per heavy atom. The summed E-state index contributed by atoms with van der Waals surface area (Å²) in [5.41, 5.74) is -1.88. The van der Waals surface area contributed by atoms with Crippen molar-refractivity contribution in [2.75, 3.05) is 7.11 Å². The van der Waals surface area contributed by atoms with Crippen molar-refractivity contribution in [1.82, 2.24) is 0 Å². The number of aliphatic hydroxyl groups is 2. The third kappa shape index (κ3) is 2.56. The molecule has 0 bridgehead atoms. The first-order chi connectivity index (χ1) is 6.40. The number of hydrogen-bond acceptors (Lipinski definition) is 4. The lowest BCUT2D eigenvalue weighted by atomic mass is 9.86. The summed E-state index contributed by atoms with van der Waals surface area (Å²) in [4.78, 5) is 11.3. The third-order valence-electron chi connectivity index (χ3n) is 2.12. The Labute approximate surface area is 84.2 Å². The van der Waals surface area contributed by atoms with Gasteiger partial charge in [-0.1, -0.05) is 19.9 Å². The molecule has 0 aliphatic heterocycles. The molecule has 0 rings (SSSR count). The van der Waals surface area contributed by atoms with Crippen molar-refractivity contribution in [2.24, 2.45) is 5.92 Å². The molecular formula is C10H18O4. The Bertz CT molecular complexity index is 212. The first kappa shape index (κ1) is 13.1. The van der Waals surface area contributed by atoms with Gasteiger partial charge in [0.15, 0.2) is 5.60 Å². The standard InChI is InChI=1S/C10H18O4/c1-5-6-10(13,9(12)14-4)8(11)7(2)3/h5,7-8,11,13H,1,6H2,2-4H3/t8-,10+/m0/s1. The molecular weight excluding hydrogens is 184 g/mol. The molecule has 0 aliphatic carbocycles. The molecule has 4 heteroatoms. The molecule has 4 nitrogen and oxygen atoms in total. The largest absolute Gasteiger partial charge is 0.467 e. The van der Waals surface area contributed by atoms with E-state index < -0.39 is 17.7 Å². The zero-order valence-electron chi connectivity index (χ0n) is 8.86. The van der Waals surface area contributed by atoms with Gasteiger partial charge in [-0.05, 0) is 5.92 Å². The van der Waals surface area contributed by atoms with E-state index in [4.69, 9.17) is 0 Å². The number of rotatable bonds is 5. The monoisotopic (exact) mass is 202 g/mol. The molecule has 0 heterocycles. The average Bonchev–Trinajstić information content (AvgIpc) is 2.15. The van der Waals surface area contributed by atoms with Crippen molar-refractivity contribution in [3.05, 3.63) is 12.7 Å². The number of carbonyl (C=O) groups is 1. The Morgan fingerprint density at radius 2 is 2.14 bits per heavy atom. The Morgan fingerprint density at radius 3 is 2.43 bits per heavy atom. The van der Waals surface area contributed by atoms with Crippen molar-refractivity contribution in [3.8, 4) is 0 Å². The van der Waals surface area contributed by atoms with Gasteiger partial charge in [0, 0.05) is 6.42 Å². The summed E-state index contributed by atoms with van der Waals surface area (Å²) in [6.45, 7) is 6.85. The Hall–Kier alpha value is -0.870. The molecule has 0 aromatic heterocycles. The van der Waals surface area contributed by atoms with Crippen LogP contribution in [-0.2, 0) is 9.53 Å². The van der Waals surface area contributed by atoms with E-state index in [1.165, 1.54) is 13.2 Å². The Balaban J connectivity index is 4.87.